The SMILES string of the molecule is CC(=CCOP(=O)(OCC1c2ccccc2-c2ccccc21)OCC1c2ccccc2-c2ccccc21)CO[Si](c1ccccc1)(c1ccccc1)C(C)(C)C. The van der Waals surface area contributed by atoms with E-state index in [1.54, 1.807) is 0 Å². The lowest BCUT2D eigenvalue weighted by Gasteiger charge is -2.43. The molecule has 5 nitrogen and oxygen atoms in total. The quantitative estimate of drug-likeness (QED) is 0.0626. The molecule has 2 aliphatic carbocycles. The number of phosphoric ester groups is 1. The van der Waals surface area contributed by atoms with Crippen LogP contribution in [0.1, 0.15) is 61.8 Å². The van der Waals surface area contributed by atoms with Gasteiger partial charge in [0.2, 0.25) is 0 Å². The van der Waals surface area contributed by atoms with Gasteiger partial charge in [0, 0.05) is 11.8 Å². The van der Waals surface area contributed by atoms with E-state index in [1.807, 2.05) is 37.3 Å². The van der Waals surface area contributed by atoms with Gasteiger partial charge in [-0.25, -0.2) is 4.57 Å². The number of rotatable bonds is 14. The lowest BCUT2D eigenvalue weighted by Crippen LogP contribution is -2.66. The Morgan fingerprint density at radius 1 is 0.554 bits per heavy atom. The smallest absolute Gasteiger partial charge is 0.403 e. The van der Waals surface area contributed by atoms with Crippen molar-refractivity contribution >= 4 is 26.5 Å². The van der Waals surface area contributed by atoms with Crippen LogP contribution in [-0.4, -0.2) is 34.7 Å². The van der Waals surface area contributed by atoms with Gasteiger partial charge >= 0.3 is 7.82 Å². The van der Waals surface area contributed by atoms with E-state index in [-0.39, 0.29) is 36.7 Å². The van der Waals surface area contributed by atoms with Crippen LogP contribution in [0.5, 0.6) is 0 Å². The van der Waals surface area contributed by atoms with E-state index >= 15 is 0 Å². The van der Waals surface area contributed by atoms with Gasteiger partial charge in [-0.2, -0.15) is 0 Å². The van der Waals surface area contributed by atoms with Crippen molar-refractivity contribution in [3.8, 4) is 22.3 Å². The van der Waals surface area contributed by atoms with Gasteiger partial charge in [-0.15, -0.1) is 0 Å². The summed E-state index contributed by atoms with van der Waals surface area (Å²) in [7, 11) is -6.82. The molecule has 0 aromatic heterocycles. The molecule has 284 valence electrons. The average Bonchev–Trinajstić information content (AvgIpc) is 3.72. The van der Waals surface area contributed by atoms with Gasteiger partial charge in [0.05, 0.1) is 26.4 Å². The molecule has 0 fully saturated rings. The minimum Gasteiger partial charge on any atom is -0.403 e. The molecular weight excluding hydrogens is 728 g/mol. The molecule has 0 atom stereocenters. The molecular formula is C49H49O5PSi. The monoisotopic (exact) mass is 776 g/mol. The van der Waals surface area contributed by atoms with Crippen molar-refractivity contribution < 1.29 is 22.6 Å². The fourth-order valence-corrected chi connectivity index (χ4v) is 14.4. The Labute approximate surface area is 332 Å². The predicted octanol–water partition coefficient (Wildman–Crippen LogP) is 11.3. The lowest BCUT2D eigenvalue weighted by molar-refractivity contribution is 0.116. The van der Waals surface area contributed by atoms with Crippen molar-refractivity contribution in [2.45, 2.75) is 44.6 Å². The predicted molar refractivity (Wildman–Crippen MR) is 230 cm³/mol. The highest BCUT2D eigenvalue weighted by atomic mass is 31.2. The Balaban J connectivity index is 1.04. The summed E-state index contributed by atoms with van der Waals surface area (Å²) in [6.07, 6.45) is 1.94. The first-order valence-electron chi connectivity index (χ1n) is 19.5. The van der Waals surface area contributed by atoms with Crippen molar-refractivity contribution in [2.24, 2.45) is 0 Å². The molecule has 0 amide bonds. The van der Waals surface area contributed by atoms with Crippen molar-refractivity contribution in [3.63, 3.8) is 0 Å². The van der Waals surface area contributed by atoms with Crippen LogP contribution in [0.25, 0.3) is 22.3 Å². The first kappa shape index (κ1) is 38.2. The molecule has 2 aliphatic rings. The van der Waals surface area contributed by atoms with Crippen molar-refractivity contribution in [1.29, 1.82) is 0 Å². The van der Waals surface area contributed by atoms with Gasteiger partial charge in [0.1, 0.15) is 0 Å². The van der Waals surface area contributed by atoms with Gasteiger partial charge in [0.15, 0.2) is 0 Å². The zero-order valence-corrected chi connectivity index (χ0v) is 34.5. The van der Waals surface area contributed by atoms with Gasteiger partial charge in [-0.3, -0.25) is 13.6 Å². The maximum absolute atomic E-state index is 14.9. The van der Waals surface area contributed by atoms with Crippen molar-refractivity contribution in [3.05, 3.63) is 192 Å². The Kier molecular flexibility index (Phi) is 11.0. The topological polar surface area (TPSA) is 54.0 Å². The third kappa shape index (κ3) is 7.34. The van der Waals surface area contributed by atoms with Gasteiger partial charge in [0.25, 0.3) is 8.32 Å². The van der Waals surface area contributed by atoms with E-state index in [9.17, 15) is 4.57 Å². The summed E-state index contributed by atoms with van der Waals surface area (Å²) < 4.78 is 41.0. The van der Waals surface area contributed by atoms with Crippen LogP contribution in [0, 0.1) is 0 Å². The summed E-state index contributed by atoms with van der Waals surface area (Å²) in [6.45, 7) is 9.60. The third-order valence-corrected chi connectivity index (χ3v) is 17.7. The summed E-state index contributed by atoms with van der Waals surface area (Å²) in [6, 6.07) is 54.7. The van der Waals surface area contributed by atoms with Crippen LogP contribution in [0.4, 0.5) is 0 Å². The van der Waals surface area contributed by atoms with Crippen molar-refractivity contribution in [2.75, 3.05) is 26.4 Å². The van der Waals surface area contributed by atoms with Gasteiger partial charge in [-0.05, 0) is 66.8 Å². The molecule has 6 aromatic carbocycles. The molecule has 0 aliphatic heterocycles. The minimum atomic E-state index is -4.08. The van der Waals surface area contributed by atoms with Crippen molar-refractivity contribution in [1.82, 2.24) is 0 Å². The summed E-state index contributed by atoms with van der Waals surface area (Å²) >= 11 is 0. The fraction of sp³-hybridized carbons (Fsp3) is 0.224. The van der Waals surface area contributed by atoms with Gasteiger partial charge < -0.3 is 4.43 Å². The zero-order chi connectivity index (χ0) is 38.8. The molecule has 0 spiro atoms. The lowest BCUT2D eigenvalue weighted by atomic mass is 9.98. The van der Waals surface area contributed by atoms with Crippen LogP contribution in [0.3, 0.4) is 0 Å². The van der Waals surface area contributed by atoms with Gasteiger partial charge in [-0.1, -0.05) is 190 Å². The summed E-state index contributed by atoms with van der Waals surface area (Å²) in [5.74, 6) is -0.207. The minimum absolute atomic E-state index is 0.0445. The highest BCUT2D eigenvalue weighted by Crippen LogP contribution is 2.55. The van der Waals surface area contributed by atoms with E-state index in [0.29, 0.717) is 6.61 Å². The second kappa shape index (κ2) is 16.1. The van der Waals surface area contributed by atoms with E-state index in [2.05, 4.69) is 154 Å². The average molecular weight is 777 g/mol. The molecule has 0 radical (unpaired) electrons. The first-order chi connectivity index (χ1) is 27.2. The number of hydrogen-bond donors (Lipinski definition) is 0. The number of hydrogen-bond acceptors (Lipinski definition) is 5. The number of fused-ring (bicyclic) bond motifs is 6. The Bertz CT molecular complexity index is 2150. The molecule has 0 saturated heterocycles. The molecule has 6 aromatic rings. The van der Waals surface area contributed by atoms with E-state index < -0.39 is 16.1 Å². The maximum atomic E-state index is 14.9. The second-order valence-electron chi connectivity index (χ2n) is 15.8. The van der Waals surface area contributed by atoms with E-state index in [1.165, 1.54) is 32.6 Å². The molecule has 7 heteroatoms. The van der Waals surface area contributed by atoms with Crippen LogP contribution in [-0.2, 0) is 22.6 Å². The van der Waals surface area contributed by atoms with Crippen LogP contribution in [0.15, 0.2) is 169 Å². The summed E-state index contributed by atoms with van der Waals surface area (Å²) in [4.78, 5) is 0. The fourth-order valence-electron chi connectivity index (χ4n) is 8.64. The molecule has 56 heavy (non-hydrogen) atoms. The Morgan fingerprint density at radius 2 is 0.911 bits per heavy atom. The van der Waals surface area contributed by atoms with Crippen LogP contribution in [0.2, 0.25) is 5.04 Å². The highest BCUT2D eigenvalue weighted by molar-refractivity contribution is 7.48. The zero-order valence-electron chi connectivity index (χ0n) is 32.6. The number of benzene rings is 6. The van der Waals surface area contributed by atoms with E-state index in [4.69, 9.17) is 18.0 Å². The van der Waals surface area contributed by atoms with Crippen LogP contribution >= 0.6 is 7.82 Å². The van der Waals surface area contributed by atoms with E-state index in [0.717, 1.165) is 27.8 Å². The largest absolute Gasteiger partial charge is 0.475 e. The standard InChI is InChI=1S/C49H49O5PSi/c1-36(33-54-56(49(2,3)4,37-19-7-5-8-20-37)38-21-9-6-10-22-38)31-32-51-55(50,52-34-47-43-27-15-11-23-39(43)40-24-12-16-28-44(40)47)53-35-48-45-29-17-13-25-41(45)42-26-14-18-30-46(42)48/h5-31,47-48H,32-35H2,1-4H3. The highest BCUT2D eigenvalue weighted by Gasteiger charge is 2.50. The molecule has 8 rings (SSSR count). The number of phosphoric acid groups is 1. The normalized spacial score (nSPS) is 14.3. The molecule has 0 N–H and O–H groups in total. The molecule has 0 heterocycles. The maximum Gasteiger partial charge on any atom is 0.475 e. The molecule has 0 bridgehead atoms. The third-order valence-electron chi connectivity index (χ3n) is 11.3. The Hall–Kier alpha value is -4.65. The molecule has 0 saturated carbocycles. The molecule has 0 unspecified atom stereocenters. The van der Waals surface area contributed by atoms with Crippen LogP contribution < -0.4 is 10.4 Å². The summed E-state index contributed by atoms with van der Waals surface area (Å²) in [5, 5.41) is 2.29. The second-order valence-corrected chi connectivity index (χ2v) is 21.8. The summed E-state index contributed by atoms with van der Waals surface area (Å²) in [5.41, 5.74) is 10.3. The first-order valence-corrected chi connectivity index (χ1v) is 22.9. The Morgan fingerprint density at radius 3 is 1.29 bits per heavy atom.